The number of hydrogen-bond donors (Lipinski definition) is 2. The summed E-state index contributed by atoms with van der Waals surface area (Å²) >= 11 is 0. The maximum absolute atomic E-state index is 5.63. The van der Waals surface area contributed by atoms with Crippen LogP contribution in [0.5, 0.6) is 0 Å². The molecule has 0 amide bonds. The SMILES string of the molecule is CCCC(OC)C(Cc1ccc(CC)cn1)NN. The van der Waals surface area contributed by atoms with Gasteiger partial charge in [-0.2, -0.15) is 0 Å². The Hall–Kier alpha value is -0.970. The number of pyridine rings is 1. The lowest BCUT2D eigenvalue weighted by Crippen LogP contribution is -2.46. The van der Waals surface area contributed by atoms with Crippen LogP contribution in [0, 0.1) is 0 Å². The first-order valence-corrected chi connectivity index (χ1v) is 6.67. The van der Waals surface area contributed by atoms with Gasteiger partial charge in [-0.25, -0.2) is 0 Å². The lowest BCUT2D eigenvalue weighted by Gasteiger charge is -2.24. The molecule has 0 radical (unpaired) electrons. The fourth-order valence-corrected chi connectivity index (χ4v) is 2.08. The Morgan fingerprint density at radius 1 is 1.39 bits per heavy atom. The van der Waals surface area contributed by atoms with Crippen molar-refractivity contribution >= 4 is 0 Å². The van der Waals surface area contributed by atoms with Gasteiger partial charge in [-0.3, -0.25) is 16.3 Å². The van der Waals surface area contributed by atoms with Crippen LogP contribution in [-0.2, 0) is 17.6 Å². The van der Waals surface area contributed by atoms with Crippen LogP contribution in [0.4, 0.5) is 0 Å². The zero-order valence-corrected chi connectivity index (χ0v) is 11.6. The summed E-state index contributed by atoms with van der Waals surface area (Å²) in [6.45, 7) is 4.27. The molecule has 0 fully saturated rings. The molecule has 1 rings (SSSR count). The Morgan fingerprint density at radius 2 is 2.17 bits per heavy atom. The fraction of sp³-hybridized carbons (Fsp3) is 0.643. The van der Waals surface area contributed by atoms with E-state index in [2.05, 4.69) is 36.4 Å². The van der Waals surface area contributed by atoms with Gasteiger partial charge >= 0.3 is 0 Å². The third-order valence-electron chi connectivity index (χ3n) is 3.26. The Bertz CT molecular complexity index is 326. The Balaban J connectivity index is 2.65. The molecule has 0 aliphatic rings. The first kappa shape index (κ1) is 15.1. The summed E-state index contributed by atoms with van der Waals surface area (Å²) < 4.78 is 5.49. The van der Waals surface area contributed by atoms with Crippen molar-refractivity contribution in [1.29, 1.82) is 0 Å². The quantitative estimate of drug-likeness (QED) is 0.546. The highest BCUT2D eigenvalue weighted by atomic mass is 16.5. The molecule has 0 spiro atoms. The minimum Gasteiger partial charge on any atom is -0.380 e. The number of hydrazine groups is 1. The van der Waals surface area contributed by atoms with E-state index in [0.29, 0.717) is 0 Å². The molecule has 2 atom stereocenters. The average molecular weight is 251 g/mol. The Kier molecular flexibility index (Phi) is 6.86. The van der Waals surface area contributed by atoms with Gasteiger partial charge in [-0.15, -0.1) is 0 Å². The maximum atomic E-state index is 5.63. The summed E-state index contributed by atoms with van der Waals surface area (Å²) in [4.78, 5) is 4.46. The molecule has 0 saturated heterocycles. The van der Waals surface area contributed by atoms with E-state index in [1.165, 1.54) is 5.56 Å². The number of nitrogens with zero attached hydrogens (tertiary/aromatic N) is 1. The lowest BCUT2D eigenvalue weighted by atomic mass is 10.0. The van der Waals surface area contributed by atoms with Crippen LogP contribution in [0.25, 0.3) is 0 Å². The first-order valence-electron chi connectivity index (χ1n) is 6.67. The molecule has 0 saturated carbocycles. The zero-order valence-electron chi connectivity index (χ0n) is 11.6. The molecule has 18 heavy (non-hydrogen) atoms. The first-order chi connectivity index (χ1) is 8.74. The monoisotopic (exact) mass is 251 g/mol. The van der Waals surface area contributed by atoms with Gasteiger partial charge in [0.1, 0.15) is 0 Å². The van der Waals surface area contributed by atoms with Gasteiger partial charge in [0, 0.05) is 25.4 Å². The van der Waals surface area contributed by atoms with Crippen molar-refractivity contribution in [3.8, 4) is 0 Å². The smallest absolute Gasteiger partial charge is 0.0741 e. The highest BCUT2D eigenvalue weighted by Crippen LogP contribution is 2.11. The molecule has 4 nitrogen and oxygen atoms in total. The van der Waals surface area contributed by atoms with E-state index < -0.39 is 0 Å². The van der Waals surface area contributed by atoms with E-state index in [0.717, 1.165) is 31.4 Å². The van der Waals surface area contributed by atoms with Crippen molar-refractivity contribution in [2.75, 3.05) is 7.11 Å². The predicted molar refractivity (Wildman–Crippen MR) is 74.1 cm³/mol. The topological polar surface area (TPSA) is 60.2 Å². The number of methoxy groups -OCH3 is 1. The summed E-state index contributed by atoms with van der Waals surface area (Å²) in [5.74, 6) is 5.63. The largest absolute Gasteiger partial charge is 0.380 e. The second-order valence-electron chi connectivity index (χ2n) is 4.55. The average Bonchev–Trinajstić information content (AvgIpc) is 2.43. The van der Waals surface area contributed by atoms with E-state index in [9.17, 15) is 0 Å². The van der Waals surface area contributed by atoms with Crippen LogP contribution in [0.3, 0.4) is 0 Å². The minimum absolute atomic E-state index is 0.106. The van der Waals surface area contributed by atoms with Crippen LogP contribution in [0.2, 0.25) is 0 Å². The van der Waals surface area contributed by atoms with E-state index in [4.69, 9.17) is 10.6 Å². The van der Waals surface area contributed by atoms with Crippen molar-refractivity contribution in [2.45, 2.75) is 51.7 Å². The number of hydrogen-bond acceptors (Lipinski definition) is 4. The number of rotatable bonds is 8. The lowest BCUT2D eigenvalue weighted by molar-refractivity contribution is 0.0606. The van der Waals surface area contributed by atoms with E-state index >= 15 is 0 Å². The Labute approximate surface area is 110 Å². The normalized spacial score (nSPS) is 14.4. The van der Waals surface area contributed by atoms with Gasteiger partial charge in [0.05, 0.1) is 12.1 Å². The summed E-state index contributed by atoms with van der Waals surface area (Å²) in [6.07, 6.45) is 5.95. The van der Waals surface area contributed by atoms with Crippen molar-refractivity contribution in [3.63, 3.8) is 0 Å². The van der Waals surface area contributed by atoms with Gasteiger partial charge in [0.2, 0.25) is 0 Å². The van der Waals surface area contributed by atoms with Gasteiger partial charge in [0.15, 0.2) is 0 Å². The van der Waals surface area contributed by atoms with Crippen molar-refractivity contribution in [1.82, 2.24) is 10.4 Å². The van der Waals surface area contributed by atoms with Gasteiger partial charge < -0.3 is 4.74 Å². The van der Waals surface area contributed by atoms with Gasteiger partial charge in [-0.05, 0) is 24.5 Å². The highest BCUT2D eigenvalue weighted by Gasteiger charge is 2.20. The molecule has 1 heterocycles. The van der Waals surface area contributed by atoms with Crippen LogP contribution >= 0.6 is 0 Å². The van der Waals surface area contributed by atoms with Crippen LogP contribution in [0.1, 0.15) is 37.9 Å². The molecule has 1 aromatic heterocycles. The van der Waals surface area contributed by atoms with Crippen LogP contribution < -0.4 is 11.3 Å². The number of aryl methyl sites for hydroxylation is 1. The van der Waals surface area contributed by atoms with Gasteiger partial charge in [0.25, 0.3) is 0 Å². The molecular formula is C14H25N3O. The molecule has 2 unspecified atom stereocenters. The summed E-state index contributed by atoms with van der Waals surface area (Å²) in [5.41, 5.74) is 5.16. The van der Waals surface area contributed by atoms with E-state index in [1.54, 1.807) is 7.11 Å². The number of ether oxygens (including phenoxy) is 1. The summed E-state index contributed by atoms with van der Waals surface area (Å²) in [6, 6.07) is 4.30. The number of nitrogens with one attached hydrogen (secondary N) is 1. The van der Waals surface area contributed by atoms with Crippen molar-refractivity contribution in [3.05, 3.63) is 29.6 Å². The minimum atomic E-state index is 0.106. The Morgan fingerprint density at radius 3 is 2.61 bits per heavy atom. The second-order valence-corrected chi connectivity index (χ2v) is 4.55. The summed E-state index contributed by atoms with van der Waals surface area (Å²) in [5, 5.41) is 0. The third kappa shape index (κ3) is 4.37. The maximum Gasteiger partial charge on any atom is 0.0741 e. The van der Waals surface area contributed by atoms with Crippen molar-refractivity contribution < 1.29 is 4.74 Å². The second kappa shape index (κ2) is 8.19. The fourth-order valence-electron chi connectivity index (χ4n) is 2.08. The third-order valence-corrected chi connectivity index (χ3v) is 3.26. The number of aromatic nitrogens is 1. The van der Waals surface area contributed by atoms with E-state index in [1.807, 2.05) is 6.20 Å². The molecule has 0 bridgehead atoms. The molecule has 1 aromatic rings. The molecule has 0 aliphatic heterocycles. The highest BCUT2D eigenvalue weighted by molar-refractivity contribution is 5.14. The molecule has 3 N–H and O–H groups in total. The zero-order chi connectivity index (χ0) is 13.4. The number of nitrogens with two attached hydrogens (primary N) is 1. The van der Waals surface area contributed by atoms with Gasteiger partial charge in [-0.1, -0.05) is 26.3 Å². The summed E-state index contributed by atoms with van der Waals surface area (Å²) in [7, 11) is 1.73. The molecular weight excluding hydrogens is 226 g/mol. The molecule has 0 aliphatic carbocycles. The van der Waals surface area contributed by atoms with Crippen molar-refractivity contribution in [2.24, 2.45) is 5.84 Å². The van der Waals surface area contributed by atoms with E-state index in [-0.39, 0.29) is 12.1 Å². The van der Waals surface area contributed by atoms with Crippen LogP contribution in [0.15, 0.2) is 18.3 Å². The van der Waals surface area contributed by atoms with Crippen LogP contribution in [-0.4, -0.2) is 24.2 Å². The molecule has 4 heteroatoms. The standard InChI is InChI=1S/C14H25N3O/c1-4-6-14(18-3)13(17-15)9-12-8-7-11(5-2)10-16-12/h7-8,10,13-14,17H,4-6,9,15H2,1-3H3. The molecule has 102 valence electrons. The predicted octanol–water partition coefficient (Wildman–Crippen LogP) is 1.83. The molecule has 0 aromatic carbocycles.